The predicted molar refractivity (Wildman–Crippen MR) is 74.1 cm³/mol. The molecule has 0 fully saturated rings. The van der Waals surface area contributed by atoms with Crippen LogP contribution in [-0.4, -0.2) is 10.9 Å². The van der Waals surface area contributed by atoms with Gasteiger partial charge >= 0.3 is 0 Å². The van der Waals surface area contributed by atoms with Crippen molar-refractivity contribution in [1.29, 1.82) is 0 Å². The minimum atomic E-state index is -0.273. The monoisotopic (exact) mass is 255 g/mol. The highest BCUT2D eigenvalue weighted by molar-refractivity contribution is 5.76. The highest BCUT2D eigenvalue weighted by Gasteiger charge is 2.10. The quantitative estimate of drug-likeness (QED) is 0.855. The molecule has 4 nitrogen and oxygen atoms in total. The van der Waals surface area contributed by atoms with E-state index in [0.717, 1.165) is 11.3 Å². The van der Waals surface area contributed by atoms with E-state index in [-0.39, 0.29) is 18.4 Å². The summed E-state index contributed by atoms with van der Waals surface area (Å²) in [6.45, 7) is 0.432. The third-order valence-corrected chi connectivity index (χ3v) is 2.83. The van der Waals surface area contributed by atoms with Gasteiger partial charge in [0.05, 0.1) is 12.2 Å². The molecular weight excluding hydrogens is 238 g/mol. The maximum absolute atomic E-state index is 11.8. The van der Waals surface area contributed by atoms with E-state index in [9.17, 15) is 4.79 Å². The zero-order chi connectivity index (χ0) is 13.5. The number of hydrogen-bond acceptors (Lipinski definition) is 3. The van der Waals surface area contributed by atoms with Crippen LogP contribution >= 0.6 is 0 Å². The number of carbonyl (C=O) groups is 1. The molecule has 0 unspecified atom stereocenters. The molecule has 0 aliphatic carbocycles. The lowest BCUT2D eigenvalue weighted by atomic mass is 10.0. The van der Waals surface area contributed by atoms with Gasteiger partial charge in [0.1, 0.15) is 0 Å². The van der Waals surface area contributed by atoms with Crippen molar-refractivity contribution in [1.82, 2.24) is 10.3 Å². The number of rotatable bonds is 5. The Kier molecular flexibility index (Phi) is 4.64. The van der Waals surface area contributed by atoms with Crippen LogP contribution in [0, 0.1) is 0 Å². The van der Waals surface area contributed by atoms with E-state index in [0.29, 0.717) is 6.54 Å². The van der Waals surface area contributed by atoms with Gasteiger partial charge in [0.15, 0.2) is 0 Å². The van der Waals surface area contributed by atoms with Crippen LogP contribution in [0.2, 0.25) is 0 Å². The van der Waals surface area contributed by atoms with Crippen LogP contribution in [0.25, 0.3) is 0 Å². The second-order valence-electron chi connectivity index (χ2n) is 4.32. The van der Waals surface area contributed by atoms with Crippen LogP contribution in [0.15, 0.2) is 54.7 Å². The third-order valence-electron chi connectivity index (χ3n) is 2.83. The van der Waals surface area contributed by atoms with Crippen LogP contribution < -0.4 is 11.1 Å². The molecule has 0 spiro atoms. The maximum atomic E-state index is 11.8. The summed E-state index contributed by atoms with van der Waals surface area (Å²) in [5, 5.41) is 2.82. The number of benzene rings is 1. The third kappa shape index (κ3) is 4.19. The average molecular weight is 255 g/mol. The number of nitrogens with two attached hydrogens (primary N) is 1. The Balaban J connectivity index is 1.82. The van der Waals surface area contributed by atoms with E-state index in [4.69, 9.17) is 5.73 Å². The lowest BCUT2D eigenvalue weighted by Crippen LogP contribution is -2.27. The van der Waals surface area contributed by atoms with Gasteiger partial charge in [-0.3, -0.25) is 9.78 Å². The first kappa shape index (κ1) is 13.2. The fourth-order valence-electron chi connectivity index (χ4n) is 1.78. The van der Waals surface area contributed by atoms with E-state index in [2.05, 4.69) is 10.3 Å². The number of nitrogens with zero attached hydrogens (tertiary/aromatic N) is 1. The highest BCUT2D eigenvalue weighted by atomic mass is 16.1. The molecule has 1 atom stereocenters. The van der Waals surface area contributed by atoms with Gasteiger partial charge < -0.3 is 11.1 Å². The van der Waals surface area contributed by atoms with Crippen molar-refractivity contribution >= 4 is 5.91 Å². The Morgan fingerprint density at radius 3 is 2.58 bits per heavy atom. The summed E-state index contributed by atoms with van der Waals surface area (Å²) in [4.78, 5) is 15.9. The summed E-state index contributed by atoms with van der Waals surface area (Å²) < 4.78 is 0. The number of carbonyl (C=O) groups excluding carboxylic acids is 1. The van der Waals surface area contributed by atoms with E-state index in [1.165, 1.54) is 0 Å². The smallest absolute Gasteiger partial charge is 0.222 e. The van der Waals surface area contributed by atoms with Crippen LogP contribution in [0.3, 0.4) is 0 Å². The molecule has 2 aromatic rings. The predicted octanol–water partition coefficient (Wildman–Crippen LogP) is 1.79. The zero-order valence-corrected chi connectivity index (χ0v) is 10.6. The van der Waals surface area contributed by atoms with Crippen molar-refractivity contribution in [3.8, 4) is 0 Å². The first-order valence-corrected chi connectivity index (χ1v) is 6.23. The SMILES string of the molecule is N[C@@H](CC(=O)NCc1ccccn1)c1ccccc1. The molecule has 19 heavy (non-hydrogen) atoms. The molecule has 0 bridgehead atoms. The van der Waals surface area contributed by atoms with Gasteiger partial charge in [0.25, 0.3) is 0 Å². The van der Waals surface area contributed by atoms with Gasteiger partial charge in [0, 0.05) is 18.7 Å². The van der Waals surface area contributed by atoms with Crippen molar-refractivity contribution < 1.29 is 4.79 Å². The number of aromatic nitrogens is 1. The fourth-order valence-corrected chi connectivity index (χ4v) is 1.78. The Morgan fingerprint density at radius 2 is 1.89 bits per heavy atom. The maximum Gasteiger partial charge on any atom is 0.222 e. The van der Waals surface area contributed by atoms with Gasteiger partial charge in [-0.05, 0) is 17.7 Å². The molecule has 0 radical (unpaired) electrons. The lowest BCUT2D eigenvalue weighted by molar-refractivity contribution is -0.121. The Hall–Kier alpha value is -2.20. The molecule has 98 valence electrons. The first-order chi connectivity index (χ1) is 9.25. The van der Waals surface area contributed by atoms with Crippen LogP contribution in [0.1, 0.15) is 23.7 Å². The second-order valence-corrected chi connectivity index (χ2v) is 4.32. The molecule has 0 aliphatic rings. The molecule has 3 N–H and O–H groups in total. The minimum absolute atomic E-state index is 0.0676. The molecular formula is C15H17N3O. The van der Waals surface area contributed by atoms with Gasteiger partial charge in [-0.25, -0.2) is 0 Å². The number of hydrogen-bond donors (Lipinski definition) is 2. The molecule has 2 rings (SSSR count). The fraction of sp³-hybridized carbons (Fsp3) is 0.200. The summed E-state index contributed by atoms with van der Waals surface area (Å²) in [6, 6.07) is 15.0. The topological polar surface area (TPSA) is 68.0 Å². The van der Waals surface area contributed by atoms with Crippen LogP contribution in [0.5, 0.6) is 0 Å². The van der Waals surface area contributed by atoms with E-state index < -0.39 is 0 Å². The summed E-state index contributed by atoms with van der Waals surface area (Å²) in [5.74, 6) is -0.0676. The average Bonchev–Trinajstić information content (AvgIpc) is 2.47. The zero-order valence-electron chi connectivity index (χ0n) is 10.6. The van der Waals surface area contributed by atoms with Crippen LogP contribution in [0.4, 0.5) is 0 Å². The Labute approximate surface area is 112 Å². The number of nitrogens with one attached hydrogen (secondary N) is 1. The minimum Gasteiger partial charge on any atom is -0.350 e. The van der Waals surface area contributed by atoms with Crippen molar-refractivity contribution in [2.45, 2.75) is 19.0 Å². The van der Waals surface area contributed by atoms with Gasteiger partial charge in [0.2, 0.25) is 5.91 Å². The van der Waals surface area contributed by atoms with Crippen molar-refractivity contribution in [3.63, 3.8) is 0 Å². The summed E-state index contributed by atoms with van der Waals surface area (Å²) in [6.07, 6.45) is 1.98. The van der Waals surface area contributed by atoms with Gasteiger partial charge in [-0.1, -0.05) is 36.4 Å². The van der Waals surface area contributed by atoms with E-state index in [1.54, 1.807) is 6.20 Å². The molecule has 4 heteroatoms. The summed E-state index contributed by atoms with van der Waals surface area (Å²) >= 11 is 0. The molecule has 1 amide bonds. The van der Waals surface area contributed by atoms with Gasteiger partial charge in [-0.2, -0.15) is 0 Å². The first-order valence-electron chi connectivity index (χ1n) is 6.23. The summed E-state index contributed by atoms with van der Waals surface area (Å²) in [7, 11) is 0. The second kappa shape index (κ2) is 6.66. The molecule has 0 saturated carbocycles. The standard InChI is InChI=1S/C15H17N3O/c16-14(12-6-2-1-3-7-12)10-15(19)18-11-13-8-4-5-9-17-13/h1-9,14H,10-11,16H2,(H,18,19)/t14-/m0/s1. The van der Waals surface area contributed by atoms with Crippen molar-refractivity contribution in [3.05, 3.63) is 66.0 Å². The highest BCUT2D eigenvalue weighted by Crippen LogP contribution is 2.12. The lowest BCUT2D eigenvalue weighted by Gasteiger charge is -2.11. The Bertz CT molecular complexity index is 513. The van der Waals surface area contributed by atoms with Crippen LogP contribution in [-0.2, 0) is 11.3 Å². The number of pyridine rings is 1. The Morgan fingerprint density at radius 1 is 1.16 bits per heavy atom. The molecule has 1 aromatic carbocycles. The summed E-state index contributed by atoms with van der Waals surface area (Å²) in [5.41, 5.74) is 7.79. The normalized spacial score (nSPS) is 11.8. The molecule has 0 aliphatic heterocycles. The molecule has 1 aromatic heterocycles. The van der Waals surface area contributed by atoms with E-state index >= 15 is 0 Å². The largest absolute Gasteiger partial charge is 0.350 e. The molecule has 0 saturated heterocycles. The molecule has 1 heterocycles. The van der Waals surface area contributed by atoms with Crippen molar-refractivity contribution in [2.24, 2.45) is 5.73 Å². The van der Waals surface area contributed by atoms with E-state index in [1.807, 2.05) is 48.5 Å². The van der Waals surface area contributed by atoms with Crippen molar-refractivity contribution in [2.75, 3.05) is 0 Å². The number of amides is 1. The van der Waals surface area contributed by atoms with Gasteiger partial charge in [-0.15, -0.1) is 0 Å².